The summed E-state index contributed by atoms with van der Waals surface area (Å²) in [5.74, 6) is 0.268. The highest BCUT2D eigenvalue weighted by molar-refractivity contribution is 5.91. The topological polar surface area (TPSA) is 82.4 Å². The predicted molar refractivity (Wildman–Crippen MR) is 95.6 cm³/mol. The van der Waals surface area contributed by atoms with Crippen LogP contribution in [0.25, 0.3) is 10.9 Å². The van der Waals surface area contributed by atoms with Crippen molar-refractivity contribution in [1.29, 1.82) is 0 Å². The summed E-state index contributed by atoms with van der Waals surface area (Å²) in [6, 6.07) is 11.1. The first kappa shape index (κ1) is 16.4. The Labute approximate surface area is 150 Å². The Balaban J connectivity index is 1.40. The zero-order chi connectivity index (χ0) is 17.9. The van der Waals surface area contributed by atoms with Crippen molar-refractivity contribution in [3.05, 3.63) is 54.1 Å². The van der Waals surface area contributed by atoms with E-state index in [1.54, 1.807) is 17.0 Å². The van der Waals surface area contributed by atoms with E-state index in [4.69, 9.17) is 4.42 Å². The number of furan rings is 1. The molecule has 7 nitrogen and oxygen atoms in total. The van der Waals surface area contributed by atoms with E-state index in [2.05, 4.69) is 10.2 Å². The number of nitrogens with one attached hydrogen (secondary N) is 1. The molecule has 7 heteroatoms. The van der Waals surface area contributed by atoms with Crippen molar-refractivity contribution in [2.75, 3.05) is 26.2 Å². The highest BCUT2D eigenvalue weighted by atomic mass is 16.3. The maximum absolute atomic E-state index is 12.7. The number of aromatic amines is 1. The van der Waals surface area contributed by atoms with E-state index < -0.39 is 0 Å². The van der Waals surface area contributed by atoms with Crippen LogP contribution >= 0.6 is 0 Å². The molecule has 3 heterocycles. The smallest absolute Gasteiger partial charge is 0.289 e. The Morgan fingerprint density at radius 1 is 1.04 bits per heavy atom. The molecule has 2 aromatic heterocycles. The summed E-state index contributed by atoms with van der Waals surface area (Å²) in [6.45, 7) is 2.30. The molecular weight excluding hydrogens is 332 g/mol. The Morgan fingerprint density at radius 2 is 1.85 bits per heavy atom. The summed E-state index contributed by atoms with van der Waals surface area (Å²) in [4.78, 5) is 28.7. The van der Waals surface area contributed by atoms with Crippen LogP contribution < -0.4 is 0 Å². The summed E-state index contributed by atoms with van der Waals surface area (Å²) in [5, 5.41) is 8.19. The number of aromatic nitrogens is 2. The average molecular weight is 352 g/mol. The summed E-state index contributed by atoms with van der Waals surface area (Å²) in [5.41, 5.74) is 1.69. The zero-order valence-corrected chi connectivity index (χ0v) is 14.4. The van der Waals surface area contributed by atoms with E-state index in [-0.39, 0.29) is 18.2 Å². The van der Waals surface area contributed by atoms with Gasteiger partial charge in [0.05, 0.1) is 23.9 Å². The van der Waals surface area contributed by atoms with Gasteiger partial charge in [0.1, 0.15) is 0 Å². The molecule has 0 bridgehead atoms. The minimum Gasteiger partial charge on any atom is -0.459 e. The van der Waals surface area contributed by atoms with Crippen LogP contribution in [0.15, 0.2) is 47.1 Å². The quantitative estimate of drug-likeness (QED) is 0.782. The van der Waals surface area contributed by atoms with Crippen LogP contribution in [0, 0.1) is 0 Å². The van der Waals surface area contributed by atoms with Crippen molar-refractivity contribution >= 4 is 22.7 Å². The van der Waals surface area contributed by atoms with Gasteiger partial charge in [-0.3, -0.25) is 14.7 Å². The van der Waals surface area contributed by atoms with Gasteiger partial charge in [-0.25, -0.2) is 0 Å². The standard InChI is InChI=1S/C19H20N4O3/c24-18(13-16-14-5-1-2-6-15(14)20-21-16)22-8-4-9-23(11-10-22)19(25)17-7-3-12-26-17/h1-3,5-7,12H,4,8-11,13H2,(H,20,21). The third-order valence-corrected chi connectivity index (χ3v) is 4.74. The molecule has 0 saturated carbocycles. The van der Waals surface area contributed by atoms with Crippen molar-refractivity contribution in [3.8, 4) is 0 Å². The second-order valence-electron chi connectivity index (χ2n) is 6.40. The molecule has 1 aromatic carbocycles. The van der Waals surface area contributed by atoms with Gasteiger partial charge in [-0.1, -0.05) is 18.2 Å². The monoisotopic (exact) mass is 352 g/mol. The van der Waals surface area contributed by atoms with Crippen LogP contribution in [0.5, 0.6) is 0 Å². The fraction of sp³-hybridized carbons (Fsp3) is 0.316. The average Bonchev–Trinajstić information content (AvgIpc) is 3.26. The van der Waals surface area contributed by atoms with E-state index in [1.807, 2.05) is 29.2 Å². The van der Waals surface area contributed by atoms with Crippen LogP contribution in [0.3, 0.4) is 0 Å². The van der Waals surface area contributed by atoms with Crippen molar-refractivity contribution in [2.24, 2.45) is 0 Å². The molecule has 1 N–H and O–H groups in total. The lowest BCUT2D eigenvalue weighted by molar-refractivity contribution is -0.130. The van der Waals surface area contributed by atoms with Gasteiger partial charge in [-0.2, -0.15) is 5.10 Å². The predicted octanol–water partition coefficient (Wildman–Crippen LogP) is 2.07. The summed E-state index contributed by atoms with van der Waals surface area (Å²) >= 11 is 0. The van der Waals surface area contributed by atoms with E-state index in [0.717, 1.165) is 23.0 Å². The van der Waals surface area contributed by atoms with Crippen molar-refractivity contribution < 1.29 is 14.0 Å². The number of hydrogen-bond acceptors (Lipinski definition) is 4. The van der Waals surface area contributed by atoms with E-state index in [1.165, 1.54) is 6.26 Å². The van der Waals surface area contributed by atoms with Gasteiger partial charge in [0.15, 0.2) is 5.76 Å². The molecule has 1 saturated heterocycles. The minimum absolute atomic E-state index is 0.0479. The fourth-order valence-corrected chi connectivity index (χ4v) is 3.34. The first-order valence-corrected chi connectivity index (χ1v) is 8.75. The van der Waals surface area contributed by atoms with Crippen molar-refractivity contribution in [1.82, 2.24) is 20.0 Å². The van der Waals surface area contributed by atoms with Gasteiger partial charge in [0.25, 0.3) is 5.91 Å². The van der Waals surface area contributed by atoms with E-state index in [9.17, 15) is 9.59 Å². The number of benzene rings is 1. The number of carbonyl (C=O) groups excluding carboxylic acids is 2. The molecule has 4 rings (SSSR count). The van der Waals surface area contributed by atoms with Crippen LogP contribution in [-0.4, -0.2) is 58.0 Å². The summed E-state index contributed by atoms with van der Waals surface area (Å²) < 4.78 is 5.19. The third kappa shape index (κ3) is 3.20. The minimum atomic E-state index is -0.121. The highest BCUT2D eigenvalue weighted by Crippen LogP contribution is 2.17. The van der Waals surface area contributed by atoms with Crippen LogP contribution in [0.4, 0.5) is 0 Å². The molecule has 0 spiro atoms. The molecule has 0 atom stereocenters. The van der Waals surface area contributed by atoms with Gasteiger partial charge in [-0.15, -0.1) is 0 Å². The zero-order valence-electron chi connectivity index (χ0n) is 14.4. The molecule has 0 radical (unpaired) electrons. The number of para-hydroxylation sites is 1. The maximum atomic E-state index is 12.7. The van der Waals surface area contributed by atoms with E-state index >= 15 is 0 Å². The molecule has 1 aliphatic rings. The van der Waals surface area contributed by atoms with Gasteiger partial charge >= 0.3 is 0 Å². The van der Waals surface area contributed by atoms with Gasteiger partial charge < -0.3 is 14.2 Å². The normalized spacial score (nSPS) is 15.2. The van der Waals surface area contributed by atoms with E-state index in [0.29, 0.717) is 31.9 Å². The molecule has 26 heavy (non-hydrogen) atoms. The molecule has 0 unspecified atom stereocenters. The molecular formula is C19H20N4O3. The first-order chi connectivity index (χ1) is 12.7. The number of hydrogen-bond donors (Lipinski definition) is 1. The Morgan fingerprint density at radius 3 is 2.69 bits per heavy atom. The number of amides is 2. The summed E-state index contributed by atoms with van der Waals surface area (Å²) in [7, 11) is 0. The Bertz CT molecular complexity index is 916. The van der Waals surface area contributed by atoms with Crippen LogP contribution in [0.1, 0.15) is 22.7 Å². The largest absolute Gasteiger partial charge is 0.459 e. The molecule has 134 valence electrons. The van der Waals surface area contributed by atoms with Gasteiger partial charge in [0.2, 0.25) is 5.91 Å². The molecule has 1 fully saturated rings. The second kappa shape index (κ2) is 7.03. The first-order valence-electron chi connectivity index (χ1n) is 8.75. The molecule has 1 aliphatic heterocycles. The van der Waals surface area contributed by atoms with Gasteiger partial charge in [-0.05, 0) is 24.6 Å². The second-order valence-corrected chi connectivity index (χ2v) is 6.40. The van der Waals surface area contributed by atoms with Crippen molar-refractivity contribution in [2.45, 2.75) is 12.8 Å². The molecule has 2 amide bonds. The number of fused-ring (bicyclic) bond motifs is 1. The number of nitrogens with zero attached hydrogens (tertiary/aromatic N) is 3. The lowest BCUT2D eigenvalue weighted by Gasteiger charge is -2.21. The SMILES string of the molecule is O=C(Cc1[nH]nc2ccccc12)N1CCCN(C(=O)c2ccco2)CC1. The third-order valence-electron chi connectivity index (χ3n) is 4.74. The number of H-pyrrole nitrogens is 1. The number of carbonyl (C=O) groups is 2. The lowest BCUT2D eigenvalue weighted by Crippen LogP contribution is -2.38. The maximum Gasteiger partial charge on any atom is 0.289 e. The highest BCUT2D eigenvalue weighted by Gasteiger charge is 2.24. The van der Waals surface area contributed by atoms with Crippen LogP contribution in [0.2, 0.25) is 0 Å². The summed E-state index contributed by atoms with van der Waals surface area (Å²) in [6.07, 6.45) is 2.53. The Hall–Kier alpha value is -3.09. The Kier molecular flexibility index (Phi) is 4.43. The molecule has 0 aliphatic carbocycles. The number of rotatable bonds is 3. The fourth-order valence-electron chi connectivity index (χ4n) is 3.34. The molecule has 3 aromatic rings. The van der Waals surface area contributed by atoms with Gasteiger partial charge in [0, 0.05) is 31.6 Å². The lowest BCUT2D eigenvalue weighted by atomic mass is 10.1. The van der Waals surface area contributed by atoms with Crippen LogP contribution in [-0.2, 0) is 11.2 Å². The van der Waals surface area contributed by atoms with Crippen molar-refractivity contribution in [3.63, 3.8) is 0 Å².